The third-order valence-electron chi connectivity index (χ3n) is 3.60. The van der Waals surface area contributed by atoms with Gasteiger partial charge < -0.3 is 4.42 Å². The topological polar surface area (TPSA) is 43.1 Å². The molecule has 3 nitrogen and oxygen atoms in total. The van der Waals surface area contributed by atoms with Gasteiger partial charge in [0.1, 0.15) is 15.7 Å². The number of hydrogen-bond acceptors (Lipinski definition) is 3. The minimum Gasteiger partial charge on any atom is -0.451 e. The van der Waals surface area contributed by atoms with Crippen LogP contribution in [0.15, 0.2) is 56.1 Å². The first kappa shape index (κ1) is 12.5. The van der Waals surface area contributed by atoms with Crippen molar-refractivity contribution in [3.63, 3.8) is 0 Å². The second kappa shape index (κ2) is 4.40. The maximum absolute atomic E-state index is 12.4. The van der Waals surface area contributed by atoms with E-state index in [9.17, 15) is 4.79 Å². The van der Waals surface area contributed by atoms with Crippen LogP contribution in [0, 0.1) is 6.92 Å². The van der Waals surface area contributed by atoms with Gasteiger partial charge in [-0.1, -0.05) is 30.3 Å². The van der Waals surface area contributed by atoms with Gasteiger partial charge in [-0.15, -0.1) is 0 Å². The summed E-state index contributed by atoms with van der Waals surface area (Å²) in [6, 6.07) is 13.3. The van der Waals surface area contributed by atoms with Gasteiger partial charge in [0.2, 0.25) is 5.43 Å². The molecule has 102 valence electrons. The van der Waals surface area contributed by atoms with Crippen molar-refractivity contribution in [1.29, 1.82) is 0 Å². The summed E-state index contributed by atoms with van der Waals surface area (Å²) in [5, 5.41) is 1.46. The Morgan fingerprint density at radius 2 is 1.86 bits per heavy atom. The van der Waals surface area contributed by atoms with Crippen LogP contribution < -0.4 is 5.43 Å². The first-order chi connectivity index (χ1) is 10.1. The summed E-state index contributed by atoms with van der Waals surface area (Å²) in [6.07, 6.45) is 0. The van der Waals surface area contributed by atoms with Crippen molar-refractivity contribution >= 4 is 37.8 Å². The summed E-state index contributed by atoms with van der Waals surface area (Å²) in [7, 11) is 0. The standard InChI is InChI=1S/C17H10BrNO2/c1-9-6-7-13-12(8-9)19-15-10-4-2-3-5-11(10)16(20)14(18)17(15)21-13/h2-8H,1H3. The molecule has 0 N–H and O–H groups in total. The summed E-state index contributed by atoms with van der Waals surface area (Å²) >= 11 is 3.36. The number of aromatic nitrogens is 1. The summed E-state index contributed by atoms with van der Waals surface area (Å²) in [4.78, 5) is 17.1. The lowest BCUT2D eigenvalue weighted by atomic mass is 10.0. The van der Waals surface area contributed by atoms with E-state index in [0.29, 0.717) is 26.9 Å². The highest BCUT2D eigenvalue weighted by Gasteiger charge is 2.20. The molecule has 2 aliphatic rings. The average molecular weight is 340 g/mol. The summed E-state index contributed by atoms with van der Waals surface area (Å²) in [6.45, 7) is 2.01. The molecule has 1 aliphatic carbocycles. The Morgan fingerprint density at radius 3 is 2.67 bits per heavy atom. The van der Waals surface area contributed by atoms with Crippen LogP contribution >= 0.6 is 15.9 Å². The van der Waals surface area contributed by atoms with Gasteiger partial charge in [0.25, 0.3) is 0 Å². The zero-order valence-corrected chi connectivity index (χ0v) is 12.8. The van der Waals surface area contributed by atoms with E-state index in [4.69, 9.17) is 9.40 Å². The molecular formula is C17H10BrNO2. The Labute approximate surface area is 128 Å². The third-order valence-corrected chi connectivity index (χ3v) is 4.32. The van der Waals surface area contributed by atoms with Crippen LogP contribution in [0.4, 0.5) is 0 Å². The van der Waals surface area contributed by atoms with Crippen LogP contribution in [-0.4, -0.2) is 4.98 Å². The van der Waals surface area contributed by atoms with Crippen molar-refractivity contribution in [2.45, 2.75) is 6.92 Å². The SMILES string of the molecule is Cc1ccc2oc3c(Br)c(=O)c4ccccc4c-3nc2c1. The van der Waals surface area contributed by atoms with Crippen molar-refractivity contribution in [3.05, 3.63) is 62.7 Å². The number of nitrogens with zero attached hydrogens (tertiary/aromatic N) is 1. The number of aryl methyl sites for hydroxylation is 1. The minimum absolute atomic E-state index is 0.0740. The largest absolute Gasteiger partial charge is 0.451 e. The minimum atomic E-state index is -0.0740. The molecule has 2 aromatic carbocycles. The number of rotatable bonds is 0. The van der Waals surface area contributed by atoms with Crippen molar-refractivity contribution < 1.29 is 4.42 Å². The van der Waals surface area contributed by atoms with E-state index in [1.54, 1.807) is 0 Å². The van der Waals surface area contributed by atoms with Gasteiger partial charge in [0.05, 0.1) is 0 Å². The molecule has 4 heteroatoms. The Hall–Kier alpha value is -2.20. The smallest absolute Gasteiger partial charge is 0.204 e. The van der Waals surface area contributed by atoms with Crippen LogP contribution in [-0.2, 0) is 0 Å². The Morgan fingerprint density at radius 1 is 1.10 bits per heavy atom. The number of hydrogen-bond donors (Lipinski definition) is 0. The normalized spacial score (nSPS) is 11.5. The molecule has 21 heavy (non-hydrogen) atoms. The third kappa shape index (κ3) is 1.79. The number of fused-ring (bicyclic) bond motifs is 4. The predicted molar refractivity (Wildman–Crippen MR) is 86.8 cm³/mol. The van der Waals surface area contributed by atoms with Crippen molar-refractivity contribution in [2.75, 3.05) is 0 Å². The lowest BCUT2D eigenvalue weighted by molar-refractivity contribution is 0.610. The molecule has 1 aliphatic heterocycles. The van der Waals surface area contributed by atoms with Crippen LogP contribution in [0.25, 0.3) is 33.3 Å². The summed E-state index contributed by atoms with van der Waals surface area (Å²) in [5.41, 5.74) is 3.21. The van der Waals surface area contributed by atoms with E-state index >= 15 is 0 Å². The molecule has 2 aromatic rings. The molecule has 0 aromatic heterocycles. The van der Waals surface area contributed by atoms with E-state index in [1.807, 2.05) is 49.4 Å². The fraction of sp³-hybridized carbons (Fsp3) is 0.0588. The van der Waals surface area contributed by atoms with Crippen LogP contribution in [0.5, 0.6) is 0 Å². The van der Waals surface area contributed by atoms with Gasteiger partial charge in [-0.25, -0.2) is 4.98 Å². The van der Waals surface area contributed by atoms with Gasteiger partial charge in [0.15, 0.2) is 11.3 Å². The molecule has 0 atom stereocenters. The highest BCUT2D eigenvalue weighted by atomic mass is 79.9. The Bertz CT molecular complexity index is 1040. The second-order valence-electron chi connectivity index (χ2n) is 5.05. The monoisotopic (exact) mass is 339 g/mol. The fourth-order valence-electron chi connectivity index (χ4n) is 2.57. The summed E-state index contributed by atoms with van der Waals surface area (Å²) in [5.74, 6) is 0.495. The van der Waals surface area contributed by atoms with Gasteiger partial charge in [-0.3, -0.25) is 4.79 Å². The van der Waals surface area contributed by atoms with E-state index in [1.165, 1.54) is 0 Å². The zero-order valence-electron chi connectivity index (χ0n) is 11.2. The Kier molecular flexibility index (Phi) is 2.62. The molecule has 0 saturated heterocycles. The molecule has 0 bridgehead atoms. The zero-order chi connectivity index (χ0) is 14.6. The molecule has 0 amide bonds. The highest BCUT2D eigenvalue weighted by Crippen LogP contribution is 2.35. The summed E-state index contributed by atoms with van der Waals surface area (Å²) < 4.78 is 6.33. The lowest BCUT2D eigenvalue weighted by Gasteiger charge is -2.11. The average Bonchev–Trinajstić information content (AvgIpc) is 2.51. The van der Waals surface area contributed by atoms with E-state index in [0.717, 1.165) is 16.5 Å². The van der Waals surface area contributed by atoms with Gasteiger partial charge in [0, 0.05) is 10.8 Å². The molecule has 0 unspecified atom stereocenters. The van der Waals surface area contributed by atoms with Crippen molar-refractivity contribution in [1.82, 2.24) is 4.98 Å². The quantitative estimate of drug-likeness (QED) is 0.349. The van der Waals surface area contributed by atoms with E-state index < -0.39 is 0 Å². The first-order valence-electron chi connectivity index (χ1n) is 6.56. The molecule has 0 fully saturated rings. The second-order valence-corrected chi connectivity index (χ2v) is 5.84. The molecule has 0 radical (unpaired) electrons. The van der Waals surface area contributed by atoms with Gasteiger partial charge in [-0.05, 0) is 40.5 Å². The molecule has 0 spiro atoms. The maximum Gasteiger partial charge on any atom is 0.204 e. The highest BCUT2D eigenvalue weighted by molar-refractivity contribution is 9.10. The fourth-order valence-corrected chi connectivity index (χ4v) is 3.05. The van der Waals surface area contributed by atoms with E-state index in [-0.39, 0.29) is 5.43 Å². The maximum atomic E-state index is 12.4. The van der Waals surface area contributed by atoms with E-state index in [2.05, 4.69) is 15.9 Å². The van der Waals surface area contributed by atoms with Gasteiger partial charge >= 0.3 is 0 Å². The van der Waals surface area contributed by atoms with Crippen LogP contribution in [0.1, 0.15) is 5.56 Å². The molecular weight excluding hydrogens is 330 g/mol. The lowest BCUT2D eigenvalue weighted by Crippen LogP contribution is -2.07. The molecule has 0 saturated carbocycles. The van der Waals surface area contributed by atoms with Crippen LogP contribution in [0.2, 0.25) is 0 Å². The molecule has 1 heterocycles. The van der Waals surface area contributed by atoms with Crippen LogP contribution in [0.3, 0.4) is 0 Å². The molecule has 4 rings (SSSR count). The predicted octanol–water partition coefficient (Wildman–Crippen LogP) is 4.52. The number of halogens is 1. The first-order valence-corrected chi connectivity index (χ1v) is 7.36. The Balaban J connectivity index is 2.30. The van der Waals surface area contributed by atoms with Crippen molar-refractivity contribution in [2.24, 2.45) is 0 Å². The number of benzene rings is 3. The van der Waals surface area contributed by atoms with Gasteiger partial charge in [-0.2, -0.15) is 0 Å². The van der Waals surface area contributed by atoms with Crippen molar-refractivity contribution in [3.8, 4) is 11.5 Å².